The van der Waals surface area contributed by atoms with Crippen LogP contribution >= 0.6 is 0 Å². The van der Waals surface area contributed by atoms with E-state index >= 15 is 0 Å². The van der Waals surface area contributed by atoms with Gasteiger partial charge in [-0.15, -0.1) is 0 Å². The van der Waals surface area contributed by atoms with Crippen LogP contribution < -0.4 is 11.1 Å². The predicted octanol–water partition coefficient (Wildman–Crippen LogP) is 1.68. The first-order valence-corrected chi connectivity index (χ1v) is 5.13. The van der Waals surface area contributed by atoms with Gasteiger partial charge in [0.25, 0.3) is 0 Å². The van der Waals surface area contributed by atoms with Gasteiger partial charge in [-0.2, -0.15) is 13.2 Å². The average molecular weight is 230 g/mol. The summed E-state index contributed by atoms with van der Waals surface area (Å²) >= 11 is 0. The van der Waals surface area contributed by atoms with Crippen LogP contribution in [0.1, 0.15) is 16.7 Å². The van der Waals surface area contributed by atoms with E-state index in [0.29, 0.717) is 19.5 Å². The van der Waals surface area contributed by atoms with Crippen molar-refractivity contribution in [3.05, 3.63) is 34.9 Å². The lowest BCUT2D eigenvalue weighted by Gasteiger charge is -2.25. The minimum Gasteiger partial charge on any atom is -0.329 e. The van der Waals surface area contributed by atoms with Crippen LogP contribution in [-0.4, -0.2) is 12.6 Å². The van der Waals surface area contributed by atoms with Gasteiger partial charge in [-0.3, -0.25) is 0 Å². The van der Waals surface area contributed by atoms with Gasteiger partial charge in [-0.1, -0.05) is 6.07 Å². The van der Waals surface area contributed by atoms with Gasteiger partial charge in [-0.25, -0.2) is 0 Å². The monoisotopic (exact) mass is 230 g/mol. The van der Waals surface area contributed by atoms with E-state index in [4.69, 9.17) is 5.73 Å². The van der Waals surface area contributed by atoms with Gasteiger partial charge >= 0.3 is 6.18 Å². The Kier molecular flexibility index (Phi) is 2.90. The molecule has 1 heterocycles. The molecule has 1 atom stereocenters. The molecule has 3 N–H and O–H groups in total. The molecule has 0 saturated carbocycles. The summed E-state index contributed by atoms with van der Waals surface area (Å²) in [5, 5.41) is 3.11. The Balaban J connectivity index is 2.28. The van der Waals surface area contributed by atoms with Crippen LogP contribution in [0.25, 0.3) is 0 Å². The second-order valence-corrected chi connectivity index (χ2v) is 4.00. The van der Waals surface area contributed by atoms with Gasteiger partial charge in [0, 0.05) is 19.1 Å². The molecule has 16 heavy (non-hydrogen) atoms. The molecule has 2 rings (SSSR count). The Morgan fingerprint density at radius 3 is 2.69 bits per heavy atom. The Labute approximate surface area is 91.6 Å². The highest BCUT2D eigenvalue weighted by Crippen LogP contribution is 2.31. The zero-order chi connectivity index (χ0) is 11.8. The molecule has 0 aromatic heterocycles. The van der Waals surface area contributed by atoms with Gasteiger partial charge in [0.15, 0.2) is 0 Å². The molecular formula is C11H13F3N2. The topological polar surface area (TPSA) is 38.0 Å². The Bertz CT molecular complexity index is 387. The standard InChI is InChI=1S/C11H13F3N2/c12-11(13,14)9-2-1-7-4-10(5-15)16-6-8(7)3-9/h1-3,10,16H,4-6,15H2. The van der Waals surface area contributed by atoms with Crippen LogP contribution in [0.2, 0.25) is 0 Å². The maximum atomic E-state index is 12.5. The number of benzene rings is 1. The summed E-state index contributed by atoms with van der Waals surface area (Å²) < 4.78 is 37.4. The molecule has 5 heteroatoms. The third kappa shape index (κ3) is 2.20. The zero-order valence-corrected chi connectivity index (χ0v) is 8.64. The number of hydrogen-bond acceptors (Lipinski definition) is 2. The van der Waals surface area contributed by atoms with Crippen LogP contribution in [0.3, 0.4) is 0 Å². The second-order valence-electron chi connectivity index (χ2n) is 4.00. The van der Waals surface area contributed by atoms with Crippen LogP contribution in [0, 0.1) is 0 Å². The van der Waals surface area contributed by atoms with Gasteiger partial charge < -0.3 is 11.1 Å². The molecule has 0 aliphatic carbocycles. The van der Waals surface area contributed by atoms with Gasteiger partial charge in [-0.05, 0) is 29.7 Å². The molecule has 1 aromatic carbocycles. The van der Waals surface area contributed by atoms with E-state index in [-0.39, 0.29) is 6.04 Å². The number of nitrogens with two attached hydrogens (primary N) is 1. The second kappa shape index (κ2) is 4.07. The van der Waals surface area contributed by atoms with Crippen LogP contribution in [0.5, 0.6) is 0 Å². The van der Waals surface area contributed by atoms with Crippen molar-refractivity contribution in [2.45, 2.75) is 25.2 Å². The highest BCUT2D eigenvalue weighted by Gasteiger charge is 2.31. The van der Waals surface area contributed by atoms with Crippen LogP contribution in [0.15, 0.2) is 18.2 Å². The van der Waals surface area contributed by atoms with Crippen molar-refractivity contribution in [1.29, 1.82) is 0 Å². The van der Waals surface area contributed by atoms with Crippen molar-refractivity contribution in [1.82, 2.24) is 5.32 Å². The Morgan fingerprint density at radius 2 is 2.06 bits per heavy atom. The third-order valence-corrected chi connectivity index (χ3v) is 2.87. The number of rotatable bonds is 1. The summed E-state index contributed by atoms with van der Waals surface area (Å²) in [7, 11) is 0. The molecule has 0 radical (unpaired) electrons. The minimum atomic E-state index is -4.26. The zero-order valence-electron chi connectivity index (χ0n) is 8.64. The SMILES string of the molecule is NCC1Cc2ccc(C(F)(F)F)cc2CN1. The normalized spacial score (nSPS) is 20.6. The van der Waals surface area contributed by atoms with Gasteiger partial charge in [0.2, 0.25) is 0 Å². The van der Waals surface area contributed by atoms with Gasteiger partial charge in [0.05, 0.1) is 5.56 Å². The van der Waals surface area contributed by atoms with Crippen molar-refractivity contribution in [2.75, 3.05) is 6.54 Å². The molecule has 1 aliphatic heterocycles. The molecule has 1 aromatic rings. The number of hydrogen-bond donors (Lipinski definition) is 2. The molecule has 0 saturated heterocycles. The minimum absolute atomic E-state index is 0.171. The summed E-state index contributed by atoms with van der Waals surface area (Å²) in [5.74, 6) is 0. The lowest BCUT2D eigenvalue weighted by molar-refractivity contribution is -0.137. The van der Waals surface area contributed by atoms with E-state index in [1.54, 1.807) is 6.07 Å². The van der Waals surface area contributed by atoms with E-state index in [2.05, 4.69) is 5.32 Å². The Hall–Kier alpha value is -1.07. The number of halogens is 3. The smallest absolute Gasteiger partial charge is 0.329 e. The average Bonchev–Trinajstić information content (AvgIpc) is 2.26. The van der Waals surface area contributed by atoms with Crippen LogP contribution in [-0.2, 0) is 19.1 Å². The fourth-order valence-corrected chi connectivity index (χ4v) is 1.92. The van der Waals surface area contributed by atoms with E-state index < -0.39 is 11.7 Å². The van der Waals surface area contributed by atoms with Crippen LogP contribution in [0.4, 0.5) is 13.2 Å². The molecule has 88 valence electrons. The molecule has 2 nitrogen and oxygen atoms in total. The van der Waals surface area contributed by atoms with E-state index in [1.165, 1.54) is 6.07 Å². The predicted molar refractivity (Wildman–Crippen MR) is 54.8 cm³/mol. The fourth-order valence-electron chi connectivity index (χ4n) is 1.92. The number of alkyl halides is 3. The lowest BCUT2D eigenvalue weighted by atomic mass is 9.94. The molecule has 0 amide bonds. The Morgan fingerprint density at radius 1 is 1.31 bits per heavy atom. The summed E-state index contributed by atoms with van der Waals surface area (Å²) in [6, 6.07) is 4.08. The first kappa shape index (κ1) is 11.4. The molecule has 1 unspecified atom stereocenters. The summed E-state index contributed by atoms with van der Waals surface area (Å²) in [5.41, 5.74) is 6.62. The summed E-state index contributed by atoms with van der Waals surface area (Å²) in [6.07, 6.45) is -3.57. The van der Waals surface area contributed by atoms with Crippen molar-refractivity contribution in [3.8, 4) is 0 Å². The molecule has 0 spiro atoms. The van der Waals surface area contributed by atoms with E-state index in [1.807, 2.05) is 0 Å². The first-order chi connectivity index (χ1) is 7.50. The third-order valence-electron chi connectivity index (χ3n) is 2.87. The van der Waals surface area contributed by atoms with Crippen molar-refractivity contribution >= 4 is 0 Å². The van der Waals surface area contributed by atoms with Crippen molar-refractivity contribution < 1.29 is 13.2 Å². The summed E-state index contributed by atoms with van der Waals surface area (Å²) in [4.78, 5) is 0. The molecule has 0 fully saturated rings. The summed E-state index contributed by atoms with van der Waals surface area (Å²) in [6.45, 7) is 0.960. The highest BCUT2D eigenvalue weighted by atomic mass is 19.4. The van der Waals surface area contributed by atoms with E-state index in [9.17, 15) is 13.2 Å². The van der Waals surface area contributed by atoms with Gasteiger partial charge in [0.1, 0.15) is 0 Å². The first-order valence-electron chi connectivity index (χ1n) is 5.13. The lowest BCUT2D eigenvalue weighted by Crippen LogP contribution is -2.41. The fraction of sp³-hybridized carbons (Fsp3) is 0.455. The molecule has 1 aliphatic rings. The molecular weight excluding hydrogens is 217 g/mol. The number of nitrogens with one attached hydrogen (secondary N) is 1. The molecule has 0 bridgehead atoms. The maximum Gasteiger partial charge on any atom is 0.416 e. The largest absolute Gasteiger partial charge is 0.416 e. The quantitative estimate of drug-likeness (QED) is 0.770. The highest BCUT2D eigenvalue weighted by molar-refractivity contribution is 5.35. The number of fused-ring (bicyclic) bond motifs is 1. The van der Waals surface area contributed by atoms with Crippen molar-refractivity contribution in [3.63, 3.8) is 0 Å². The maximum absolute atomic E-state index is 12.5. The van der Waals surface area contributed by atoms with E-state index in [0.717, 1.165) is 17.2 Å². The van der Waals surface area contributed by atoms with Crippen molar-refractivity contribution in [2.24, 2.45) is 5.73 Å².